The van der Waals surface area contributed by atoms with Crippen LogP contribution >= 0.6 is 23.2 Å². The lowest BCUT2D eigenvalue weighted by Gasteiger charge is -2.28. The SMILES string of the molecule is NCC1CCC(Cn2c(-c3c(Cl)cccc3Cl)nc3cnc(CCc4ccccc4F)nc32)CC1. The summed E-state index contributed by atoms with van der Waals surface area (Å²) in [4.78, 5) is 14.3. The maximum Gasteiger partial charge on any atom is 0.164 e. The van der Waals surface area contributed by atoms with E-state index in [1.807, 2.05) is 24.3 Å². The summed E-state index contributed by atoms with van der Waals surface area (Å²) in [6.07, 6.45) is 7.31. The van der Waals surface area contributed by atoms with Crippen LogP contribution in [-0.4, -0.2) is 26.1 Å². The number of aromatic nitrogens is 4. The molecule has 1 saturated carbocycles. The van der Waals surface area contributed by atoms with E-state index in [2.05, 4.69) is 9.55 Å². The molecule has 1 aliphatic carbocycles. The van der Waals surface area contributed by atoms with Crippen LogP contribution in [0.15, 0.2) is 48.7 Å². The minimum Gasteiger partial charge on any atom is -0.330 e. The van der Waals surface area contributed by atoms with Gasteiger partial charge in [0.1, 0.15) is 23.0 Å². The summed E-state index contributed by atoms with van der Waals surface area (Å²) in [7, 11) is 0. The average molecular weight is 512 g/mol. The van der Waals surface area contributed by atoms with E-state index in [0.717, 1.165) is 44.4 Å². The zero-order valence-electron chi connectivity index (χ0n) is 19.4. The number of rotatable bonds is 7. The molecule has 0 unspecified atom stereocenters. The van der Waals surface area contributed by atoms with Crippen molar-refractivity contribution in [2.24, 2.45) is 17.6 Å². The molecule has 1 aliphatic rings. The van der Waals surface area contributed by atoms with Crippen molar-refractivity contribution in [1.82, 2.24) is 19.5 Å². The van der Waals surface area contributed by atoms with Crippen LogP contribution in [0.3, 0.4) is 0 Å². The van der Waals surface area contributed by atoms with Crippen molar-refractivity contribution in [3.63, 3.8) is 0 Å². The summed E-state index contributed by atoms with van der Waals surface area (Å²) in [6, 6.07) is 12.3. The largest absolute Gasteiger partial charge is 0.330 e. The highest BCUT2D eigenvalue weighted by Gasteiger charge is 2.25. The van der Waals surface area contributed by atoms with Crippen molar-refractivity contribution in [3.8, 4) is 11.4 Å². The Morgan fingerprint density at radius 2 is 1.63 bits per heavy atom. The maximum absolute atomic E-state index is 14.1. The molecule has 35 heavy (non-hydrogen) atoms. The molecule has 4 aromatic rings. The maximum atomic E-state index is 14.1. The van der Waals surface area contributed by atoms with Crippen molar-refractivity contribution in [2.45, 2.75) is 45.1 Å². The van der Waals surface area contributed by atoms with Crippen LogP contribution in [0.25, 0.3) is 22.6 Å². The molecular weight excluding hydrogens is 484 g/mol. The molecule has 8 heteroatoms. The Hall–Kier alpha value is -2.54. The molecule has 0 saturated heterocycles. The van der Waals surface area contributed by atoms with Crippen LogP contribution in [-0.2, 0) is 19.4 Å². The lowest BCUT2D eigenvalue weighted by atomic mass is 9.82. The first-order valence-electron chi connectivity index (χ1n) is 12.1. The van der Waals surface area contributed by atoms with Crippen LogP contribution in [0, 0.1) is 17.7 Å². The van der Waals surface area contributed by atoms with Gasteiger partial charge in [-0.3, -0.25) is 0 Å². The van der Waals surface area contributed by atoms with E-state index in [1.165, 1.54) is 6.07 Å². The molecule has 1 fully saturated rings. The summed E-state index contributed by atoms with van der Waals surface area (Å²) >= 11 is 13.2. The van der Waals surface area contributed by atoms with E-state index in [-0.39, 0.29) is 5.82 Å². The molecule has 2 heterocycles. The third kappa shape index (κ3) is 5.20. The summed E-state index contributed by atoms with van der Waals surface area (Å²) in [5.41, 5.74) is 8.72. The molecule has 2 aromatic carbocycles. The Labute approximate surface area is 214 Å². The molecule has 5 nitrogen and oxygen atoms in total. The smallest absolute Gasteiger partial charge is 0.164 e. The van der Waals surface area contributed by atoms with Crippen molar-refractivity contribution in [1.29, 1.82) is 0 Å². The topological polar surface area (TPSA) is 69.6 Å². The zero-order valence-corrected chi connectivity index (χ0v) is 20.9. The van der Waals surface area contributed by atoms with Crippen LogP contribution in [0.1, 0.15) is 37.1 Å². The predicted octanol–water partition coefficient (Wildman–Crippen LogP) is 6.49. The molecule has 2 N–H and O–H groups in total. The zero-order chi connectivity index (χ0) is 24.4. The molecule has 0 bridgehead atoms. The molecule has 5 rings (SSSR count). The molecule has 2 aromatic heterocycles. The van der Waals surface area contributed by atoms with E-state index < -0.39 is 0 Å². The second kappa shape index (κ2) is 10.6. The molecule has 0 aliphatic heterocycles. The second-order valence-corrected chi connectivity index (χ2v) is 10.2. The Morgan fingerprint density at radius 3 is 2.34 bits per heavy atom. The third-order valence-corrected chi connectivity index (χ3v) is 7.67. The number of nitrogens with zero attached hydrogens (tertiary/aromatic N) is 4. The highest BCUT2D eigenvalue weighted by molar-refractivity contribution is 6.39. The third-order valence-electron chi connectivity index (χ3n) is 7.04. The minimum absolute atomic E-state index is 0.206. The second-order valence-electron chi connectivity index (χ2n) is 9.35. The Balaban J connectivity index is 1.51. The van der Waals surface area contributed by atoms with Crippen LogP contribution in [0.4, 0.5) is 4.39 Å². The van der Waals surface area contributed by atoms with E-state index in [9.17, 15) is 4.39 Å². The van der Waals surface area contributed by atoms with Gasteiger partial charge < -0.3 is 10.3 Å². The summed E-state index contributed by atoms with van der Waals surface area (Å²) < 4.78 is 16.2. The number of hydrogen-bond acceptors (Lipinski definition) is 4. The Kier molecular flexibility index (Phi) is 7.32. The first-order valence-corrected chi connectivity index (χ1v) is 12.9. The molecule has 0 atom stereocenters. The number of nitrogens with two attached hydrogens (primary N) is 1. The Morgan fingerprint density at radius 1 is 0.914 bits per heavy atom. The van der Waals surface area contributed by atoms with E-state index in [1.54, 1.807) is 18.3 Å². The van der Waals surface area contributed by atoms with Gasteiger partial charge in [0.15, 0.2) is 5.65 Å². The van der Waals surface area contributed by atoms with Gasteiger partial charge in [-0.25, -0.2) is 19.3 Å². The van der Waals surface area contributed by atoms with E-state index in [4.69, 9.17) is 38.9 Å². The summed E-state index contributed by atoms with van der Waals surface area (Å²) in [5, 5.41) is 1.10. The fraction of sp³-hybridized carbons (Fsp3) is 0.370. The lowest BCUT2D eigenvalue weighted by Crippen LogP contribution is -2.24. The number of halogens is 3. The van der Waals surface area contributed by atoms with Gasteiger partial charge >= 0.3 is 0 Å². The summed E-state index contributed by atoms with van der Waals surface area (Å²) in [6.45, 7) is 1.52. The van der Waals surface area contributed by atoms with E-state index >= 15 is 0 Å². The van der Waals surface area contributed by atoms with Gasteiger partial charge in [-0.2, -0.15) is 0 Å². The first-order chi connectivity index (χ1) is 17.0. The van der Waals surface area contributed by atoms with Crippen molar-refractivity contribution < 1.29 is 4.39 Å². The van der Waals surface area contributed by atoms with Crippen LogP contribution in [0.5, 0.6) is 0 Å². The fourth-order valence-corrected chi connectivity index (χ4v) is 5.57. The van der Waals surface area contributed by atoms with Gasteiger partial charge in [0.05, 0.1) is 21.8 Å². The number of fused-ring (bicyclic) bond motifs is 1. The van der Waals surface area contributed by atoms with Crippen molar-refractivity contribution in [2.75, 3.05) is 6.54 Å². The van der Waals surface area contributed by atoms with Gasteiger partial charge in [-0.15, -0.1) is 0 Å². The molecule has 0 radical (unpaired) electrons. The highest BCUT2D eigenvalue weighted by atomic mass is 35.5. The predicted molar refractivity (Wildman–Crippen MR) is 139 cm³/mol. The molecular formula is C27H28Cl2FN5. The number of imidazole rings is 1. The van der Waals surface area contributed by atoms with E-state index in [0.29, 0.717) is 63.0 Å². The molecule has 182 valence electrons. The Bertz CT molecular complexity index is 1310. The average Bonchev–Trinajstić information content (AvgIpc) is 3.21. The van der Waals surface area contributed by atoms with Gasteiger partial charge in [0.2, 0.25) is 0 Å². The molecule has 0 amide bonds. The quantitative estimate of drug-likeness (QED) is 0.307. The lowest BCUT2D eigenvalue weighted by molar-refractivity contribution is 0.258. The number of aryl methyl sites for hydroxylation is 2. The monoisotopic (exact) mass is 511 g/mol. The van der Waals surface area contributed by atoms with Gasteiger partial charge in [-0.05, 0) is 74.2 Å². The van der Waals surface area contributed by atoms with Gasteiger partial charge in [-0.1, -0.05) is 47.5 Å². The normalized spacial score (nSPS) is 18.3. The van der Waals surface area contributed by atoms with Crippen LogP contribution in [0.2, 0.25) is 10.0 Å². The summed E-state index contributed by atoms with van der Waals surface area (Å²) in [5.74, 6) is 2.26. The fourth-order valence-electron chi connectivity index (χ4n) is 5.01. The van der Waals surface area contributed by atoms with Gasteiger partial charge in [0.25, 0.3) is 0 Å². The standard InChI is InChI=1S/C27H28Cl2FN5/c28-20-5-3-6-21(29)25(20)27-33-23-15-32-24(13-12-19-4-1-2-7-22(19)30)34-26(23)35(27)16-18-10-8-17(14-31)9-11-18/h1-7,15,17-18H,8-14,16,31H2. The van der Waals surface area contributed by atoms with Gasteiger partial charge in [0, 0.05) is 13.0 Å². The molecule has 0 spiro atoms. The minimum atomic E-state index is -0.206. The van der Waals surface area contributed by atoms with Crippen molar-refractivity contribution in [3.05, 3.63) is 75.9 Å². The number of hydrogen-bond donors (Lipinski definition) is 1. The first kappa shape index (κ1) is 24.2. The van der Waals surface area contributed by atoms with Crippen molar-refractivity contribution >= 4 is 34.4 Å². The number of benzene rings is 2. The van der Waals surface area contributed by atoms with Crippen LogP contribution < -0.4 is 5.73 Å². The highest BCUT2D eigenvalue weighted by Crippen LogP contribution is 2.37.